The highest BCUT2D eigenvalue weighted by Gasteiger charge is 2.31. The molecule has 1 aliphatic rings. The van der Waals surface area contributed by atoms with Crippen LogP contribution >= 0.6 is 11.5 Å². The third kappa shape index (κ3) is 2.26. The van der Waals surface area contributed by atoms with Crippen molar-refractivity contribution in [2.24, 2.45) is 0 Å². The van der Waals surface area contributed by atoms with Crippen LogP contribution in [0.2, 0.25) is 0 Å². The van der Waals surface area contributed by atoms with E-state index in [1.807, 2.05) is 19.9 Å². The summed E-state index contributed by atoms with van der Waals surface area (Å²) in [6.07, 6.45) is 4.71. The molecule has 0 fully saturated rings. The van der Waals surface area contributed by atoms with E-state index in [0.29, 0.717) is 4.88 Å². The topological polar surface area (TPSA) is 55.7 Å². The molecular formula is C15H17N3OS. The minimum atomic E-state index is -0.125. The first-order chi connectivity index (χ1) is 9.68. The van der Waals surface area contributed by atoms with Gasteiger partial charge in [0.15, 0.2) is 5.78 Å². The Balaban J connectivity index is 1.98. The summed E-state index contributed by atoms with van der Waals surface area (Å²) >= 11 is 1.22. The van der Waals surface area contributed by atoms with E-state index in [0.717, 1.165) is 30.7 Å². The molecule has 5 heteroatoms. The number of aromatic nitrogens is 3. The molecule has 1 unspecified atom stereocenters. The minimum absolute atomic E-state index is 0.125. The SMILES string of the molecule is CC(C)c1nnsc1C(=O)C1CCCc2cccnc21. The summed E-state index contributed by atoms with van der Waals surface area (Å²) in [5.41, 5.74) is 2.98. The standard InChI is InChI=1S/C15H17N3OS/c1-9(2)12-15(20-18-17-12)14(19)11-7-3-5-10-6-4-8-16-13(10)11/h4,6,8-9,11H,3,5,7H2,1-2H3. The van der Waals surface area contributed by atoms with Crippen molar-refractivity contribution in [3.63, 3.8) is 0 Å². The van der Waals surface area contributed by atoms with Gasteiger partial charge in [-0.25, -0.2) is 0 Å². The summed E-state index contributed by atoms with van der Waals surface area (Å²) in [7, 11) is 0. The third-order valence-corrected chi connectivity index (χ3v) is 4.55. The fourth-order valence-corrected chi connectivity index (χ4v) is 3.58. The van der Waals surface area contributed by atoms with Crippen LogP contribution in [0.3, 0.4) is 0 Å². The van der Waals surface area contributed by atoms with Crippen LogP contribution in [0.15, 0.2) is 18.3 Å². The average Bonchev–Trinajstić information content (AvgIpc) is 2.95. The monoisotopic (exact) mass is 287 g/mol. The average molecular weight is 287 g/mol. The zero-order chi connectivity index (χ0) is 14.1. The molecule has 0 aromatic carbocycles. The van der Waals surface area contributed by atoms with Gasteiger partial charge in [-0.05, 0) is 48.3 Å². The molecule has 0 aliphatic heterocycles. The Morgan fingerprint density at radius 3 is 3.10 bits per heavy atom. The van der Waals surface area contributed by atoms with Crippen LogP contribution in [0.5, 0.6) is 0 Å². The minimum Gasteiger partial charge on any atom is -0.292 e. The van der Waals surface area contributed by atoms with Crippen molar-refractivity contribution in [3.05, 3.63) is 40.2 Å². The van der Waals surface area contributed by atoms with Crippen molar-refractivity contribution in [2.75, 3.05) is 0 Å². The zero-order valence-corrected chi connectivity index (χ0v) is 12.5. The number of nitrogens with zero attached hydrogens (tertiary/aromatic N) is 3. The number of carbonyl (C=O) groups excluding carboxylic acids is 1. The van der Waals surface area contributed by atoms with Gasteiger partial charge in [-0.3, -0.25) is 9.78 Å². The summed E-state index contributed by atoms with van der Waals surface area (Å²) < 4.78 is 3.97. The highest BCUT2D eigenvalue weighted by atomic mass is 32.1. The molecule has 3 rings (SSSR count). The van der Waals surface area contributed by atoms with E-state index >= 15 is 0 Å². The van der Waals surface area contributed by atoms with Crippen LogP contribution in [0.1, 0.15) is 65.1 Å². The highest BCUT2D eigenvalue weighted by Crippen LogP contribution is 2.34. The van der Waals surface area contributed by atoms with E-state index in [2.05, 4.69) is 20.6 Å². The first kappa shape index (κ1) is 13.4. The maximum Gasteiger partial charge on any atom is 0.185 e. The lowest BCUT2D eigenvalue weighted by Gasteiger charge is -2.22. The fraction of sp³-hybridized carbons (Fsp3) is 0.467. The number of ketones is 1. The quantitative estimate of drug-likeness (QED) is 0.812. The Hall–Kier alpha value is -1.62. The number of Topliss-reactive ketones (excluding diaryl/α,β-unsaturated/α-hetero) is 1. The molecule has 20 heavy (non-hydrogen) atoms. The molecule has 1 atom stereocenters. The summed E-state index contributed by atoms with van der Waals surface area (Å²) in [6.45, 7) is 4.08. The van der Waals surface area contributed by atoms with Crippen molar-refractivity contribution in [3.8, 4) is 0 Å². The molecule has 2 heterocycles. The van der Waals surface area contributed by atoms with Crippen molar-refractivity contribution < 1.29 is 4.79 Å². The van der Waals surface area contributed by atoms with Crippen molar-refractivity contribution in [2.45, 2.75) is 44.9 Å². The van der Waals surface area contributed by atoms with Gasteiger partial charge in [-0.15, -0.1) is 5.10 Å². The van der Waals surface area contributed by atoms with E-state index < -0.39 is 0 Å². The second kappa shape index (κ2) is 5.40. The van der Waals surface area contributed by atoms with Crippen molar-refractivity contribution in [1.29, 1.82) is 0 Å². The molecule has 0 saturated heterocycles. The lowest BCUT2D eigenvalue weighted by Crippen LogP contribution is -2.20. The Morgan fingerprint density at radius 1 is 1.45 bits per heavy atom. The Morgan fingerprint density at radius 2 is 2.30 bits per heavy atom. The maximum atomic E-state index is 12.8. The van der Waals surface area contributed by atoms with Crippen LogP contribution in [0.25, 0.3) is 0 Å². The van der Waals surface area contributed by atoms with Gasteiger partial charge in [0.1, 0.15) is 4.88 Å². The summed E-state index contributed by atoms with van der Waals surface area (Å²) in [5.74, 6) is 0.238. The van der Waals surface area contributed by atoms with Gasteiger partial charge >= 0.3 is 0 Å². The predicted octanol–water partition coefficient (Wildman–Crippen LogP) is 3.36. The molecule has 0 saturated carbocycles. The molecule has 4 nitrogen and oxygen atoms in total. The molecule has 0 radical (unpaired) electrons. The van der Waals surface area contributed by atoms with Gasteiger partial charge in [0.2, 0.25) is 0 Å². The highest BCUT2D eigenvalue weighted by molar-refractivity contribution is 7.08. The summed E-state index contributed by atoms with van der Waals surface area (Å²) in [6, 6.07) is 4.02. The molecule has 0 spiro atoms. The summed E-state index contributed by atoms with van der Waals surface area (Å²) in [5, 5.41) is 4.11. The van der Waals surface area contributed by atoms with Crippen molar-refractivity contribution in [1.82, 2.24) is 14.6 Å². The van der Waals surface area contributed by atoms with Gasteiger partial charge in [0, 0.05) is 6.20 Å². The number of rotatable bonds is 3. The Kier molecular flexibility index (Phi) is 3.61. The number of carbonyl (C=O) groups is 1. The number of hydrogen-bond donors (Lipinski definition) is 0. The third-order valence-electron chi connectivity index (χ3n) is 3.80. The van der Waals surface area contributed by atoms with E-state index in [-0.39, 0.29) is 17.6 Å². The first-order valence-electron chi connectivity index (χ1n) is 6.98. The maximum absolute atomic E-state index is 12.8. The van der Waals surface area contributed by atoms with E-state index in [9.17, 15) is 4.79 Å². The molecule has 2 aromatic rings. The molecular weight excluding hydrogens is 270 g/mol. The van der Waals surface area contributed by atoms with Gasteiger partial charge in [0.25, 0.3) is 0 Å². The Labute approximate surface area is 122 Å². The van der Waals surface area contributed by atoms with Crippen LogP contribution in [-0.4, -0.2) is 20.4 Å². The molecule has 1 aliphatic carbocycles. The molecule has 0 N–H and O–H groups in total. The number of hydrogen-bond acceptors (Lipinski definition) is 5. The second-order valence-corrected chi connectivity index (χ2v) is 6.25. The summed E-state index contributed by atoms with van der Waals surface area (Å²) in [4.78, 5) is 18.0. The lowest BCUT2D eigenvalue weighted by molar-refractivity contribution is 0.0951. The van der Waals surface area contributed by atoms with Gasteiger partial charge in [0.05, 0.1) is 17.3 Å². The van der Waals surface area contributed by atoms with E-state index in [1.165, 1.54) is 17.1 Å². The van der Waals surface area contributed by atoms with Crippen molar-refractivity contribution >= 4 is 17.3 Å². The molecule has 0 bridgehead atoms. The number of fused-ring (bicyclic) bond motifs is 1. The smallest absolute Gasteiger partial charge is 0.185 e. The Bertz CT molecular complexity index is 636. The second-order valence-electron chi connectivity index (χ2n) is 5.50. The molecule has 2 aromatic heterocycles. The van der Waals surface area contributed by atoms with Crippen LogP contribution in [0, 0.1) is 0 Å². The van der Waals surface area contributed by atoms with Crippen LogP contribution in [-0.2, 0) is 6.42 Å². The van der Waals surface area contributed by atoms with Gasteiger partial charge < -0.3 is 0 Å². The lowest BCUT2D eigenvalue weighted by atomic mass is 9.83. The van der Waals surface area contributed by atoms with Gasteiger partial charge in [-0.2, -0.15) is 0 Å². The molecule has 104 valence electrons. The normalized spacial score (nSPS) is 18.1. The number of aryl methyl sites for hydroxylation is 1. The predicted molar refractivity (Wildman–Crippen MR) is 78.2 cm³/mol. The van der Waals surface area contributed by atoms with E-state index in [4.69, 9.17) is 0 Å². The fourth-order valence-electron chi connectivity index (χ4n) is 2.77. The molecule has 0 amide bonds. The van der Waals surface area contributed by atoms with E-state index in [1.54, 1.807) is 6.20 Å². The van der Waals surface area contributed by atoms with Crippen LogP contribution in [0.4, 0.5) is 0 Å². The first-order valence-corrected chi connectivity index (χ1v) is 7.76. The largest absolute Gasteiger partial charge is 0.292 e. The zero-order valence-electron chi connectivity index (χ0n) is 11.7. The van der Waals surface area contributed by atoms with Gasteiger partial charge in [-0.1, -0.05) is 24.4 Å². The van der Waals surface area contributed by atoms with Crippen LogP contribution < -0.4 is 0 Å². The number of pyridine rings is 1.